The van der Waals surface area contributed by atoms with E-state index in [-0.39, 0.29) is 30.4 Å². The quantitative estimate of drug-likeness (QED) is 0.660. The number of ether oxygens (including phenoxy) is 1. The Labute approximate surface area is 182 Å². The molecule has 4 atom stereocenters. The summed E-state index contributed by atoms with van der Waals surface area (Å²) in [6.07, 6.45) is 4.29. The molecule has 0 saturated carbocycles. The number of aliphatic hydroxyl groups excluding tert-OH is 1. The van der Waals surface area contributed by atoms with Crippen molar-refractivity contribution >= 4 is 12.0 Å². The van der Waals surface area contributed by atoms with Gasteiger partial charge in [-0.05, 0) is 34.4 Å². The Morgan fingerprint density at radius 2 is 1.68 bits per heavy atom. The summed E-state index contributed by atoms with van der Waals surface area (Å²) in [6, 6.07) is 25.2. The third-order valence-electron chi connectivity index (χ3n) is 6.55. The second-order valence-electron chi connectivity index (χ2n) is 8.12. The highest BCUT2D eigenvalue weighted by Crippen LogP contribution is 2.53. The SMILES string of the molecule is COc1ccc([C@H]2[C@@H]3C=Cc4ccccc4[C@@H]3C(=O)N2[C@@H](CO)c2ccccc2)cc1. The Morgan fingerprint density at radius 3 is 2.39 bits per heavy atom. The van der Waals surface area contributed by atoms with Gasteiger partial charge in [0.05, 0.1) is 31.7 Å². The van der Waals surface area contributed by atoms with Crippen LogP contribution < -0.4 is 4.74 Å². The molecule has 3 aromatic rings. The van der Waals surface area contributed by atoms with Gasteiger partial charge in [0, 0.05) is 5.92 Å². The van der Waals surface area contributed by atoms with Gasteiger partial charge in [-0.25, -0.2) is 0 Å². The van der Waals surface area contributed by atoms with Crippen molar-refractivity contribution in [2.75, 3.05) is 13.7 Å². The van der Waals surface area contributed by atoms with Crippen LogP contribution in [0, 0.1) is 5.92 Å². The molecule has 4 heteroatoms. The molecule has 0 unspecified atom stereocenters. The molecule has 2 aliphatic rings. The van der Waals surface area contributed by atoms with Crippen LogP contribution in [0.5, 0.6) is 5.75 Å². The zero-order chi connectivity index (χ0) is 21.4. The van der Waals surface area contributed by atoms with Crippen molar-refractivity contribution < 1.29 is 14.6 Å². The van der Waals surface area contributed by atoms with E-state index in [1.54, 1.807) is 7.11 Å². The number of likely N-dealkylation sites (tertiary alicyclic amines) is 1. The number of amides is 1. The Morgan fingerprint density at radius 1 is 0.968 bits per heavy atom. The summed E-state index contributed by atoms with van der Waals surface area (Å²) in [5.41, 5.74) is 4.13. The van der Waals surface area contributed by atoms with E-state index in [0.717, 1.165) is 28.0 Å². The molecule has 0 aromatic heterocycles. The first-order valence-electron chi connectivity index (χ1n) is 10.6. The molecule has 1 fully saturated rings. The second-order valence-corrected chi connectivity index (χ2v) is 8.12. The number of rotatable bonds is 5. The number of fused-ring (bicyclic) bond motifs is 3. The van der Waals surface area contributed by atoms with Crippen molar-refractivity contribution in [3.8, 4) is 5.75 Å². The van der Waals surface area contributed by atoms with Gasteiger partial charge in [0.1, 0.15) is 5.75 Å². The van der Waals surface area contributed by atoms with Crippen LogP contribution in [0.1, 0.15) is 40.3 Å². The summed E-state index contributed by atoms with van der Waals surface area (Å²) in [7, 11) is 1.65. The predicted octanol–water partition coefficient (Wildman–Crippen LogP) is 4.74. The van der Waals surface area contributed by atoms with Gasteiger partial charge in [0.2, 0.25) is 5.91 Å². The maximum Gasteiger partial charge on any atom is 0.231 e. The van der Waals surface area contributed by atoms with Crippen molar-refractivity contribution in [2.45, 2.75) is 18.0 Å². The number of carbonyl (C=O) groups is 1. The maximum absolute atomic E-state index is 13.9. The van der Waals surface area contributed by atoms with E-state index < -0.39 is 6.04 Å². The van der Waals surface area contributed by atoms with E-state index in [4.69, 9.17) is 4.74 Å². The van der Waals surface area contributed by atoms with Crippen LogP contribution in [0.3, 0.4) is 0 Å². The minimum atomic E-state index is -0.410. The molecule has 0 bridgehead atoms. The lowest BCUT2D eigenvalue weighted by Gasteiger charge is -2.34. The van der Waals surface area contributed by atoms with Gasteiger partial charge < -0.3 is 14.7 Å². The van der Waals surface area contributed by atoms with Crippen LogP contribution >= 0.6 is 0 Å². The average molecular weight is 412 g/mol. The zero-order valence-electron chi connectivity index (χ0n) is 17.4. The fourth-order valence-electron chi connectivity index (χ4n) is 5.11. The second kappa shape index (κ2) is 8.05. The minimum Gasteiger partial charge on any atom is -0.497 e. The monoisotopic (exact) mass is 411 g/mol. The number of hydrogen-bond acceptors (Lipinski definition) is 3. The molecule has 4 nitrogen and oxygen atoms in total. The van der Waals surface area contributed by atoms with Gasteiger partial charge >= 0.3 is 0 Å². The fraction of sp³-hybridized carbons (Fsp3) is 0.222. The summed E-state index contributed by atoms with van der Waals surface area (Å²) in [4.78, 5) is 15.8. The van der Waals surface area contributed by atoms with Crippen LogP contribution in [0.4, 0.5) is 0 Å². The summed E-state index contributed by atoms with van der Waals surface area (Å²) >= 11 is 0. The van der Waals surface area contributed by atoms with Crippen LogP contribution in [0.25, 0.3) is 6.08 Å². The first kappa shape index (κ1) is 19.6. The molecule has 1 heterocycles. The van der Waals surface area contributed by atoms with Crippen LogP contribution in [0.15, 0.2) is 84.9 Å². The Balaban J connectivity index is 1.65. The fourth-order valence-corrected chi connectivity index (χ4v) is 5.11. The van der Waals surface area contributed by atoms with Gasteiger partial charge in [-0.15, -0.1) is 0 Å². The van der Waals surface area contributed by atoms with Gasteiger partial charge in [-0.1, -0.05) is 78.9 Å². The first-order chi connectivity index (χ1) is 15.2. The lowest BCUT2D eigenvalue weighted by atomic mass is 9.77. The zero-order valence-corrected chi connectivity index (χ0v) is 17.4. The molecule has 1 N–H and O–H groups in total. The van der Waals surface area contributed by atoms with Crippen LogP contribution in [-0.4, -0.2) is 29.6 Å². The standard InChI is InChI=1S/C27H25NO3/c1-31-21-14-11-20(12-15-21)26-23-16-13-18-7-5-6-10-22(18)25(23)27(30)28(26)24(17-29)19-8-3-2-4-9-19/h2-16,23-26,29H,17H2,1H3/t23-,24+,25+,26+/m1/s1. The minimum absolute atomic E-state index is 0.00597. The van der Waals surface area contributed by atoms with E-state index in [9.17, 15) is 9.90 Å². The van der Waals surface area contributed by atoms with Crippen LogP contribution in [0.2, 0.25) is 0 Å². The molecule has 1 saturated heterocycles. The maximum atomic E-state index is 13.9. The first-order valence-corrected chi connectivity index (χ1v) is 10.6. The van der Waals surface area contributed by atoms with Crippen LogP contribution in [-0.2, 0) is 4.79 Å². The highest BCUT2D eigenvalue weighted by molar-refractivity contribution is 5.90. The molecular weight excluding hydrogens is 386 g/mol. The predicted molar refractivity (Wildman–Crippen MR) is 121 cm³/mol. The lowest BCUT2D eigenvalue weighted by molar-refractivity contribution is -0.133. The highest BCUT2D eigenvalue weighted by Gasteiger charge is 2.51. The van der Waals surface area contributed by atoms with Gasteiger partial charge in [-0.3, -0.25) is 4.79 Å². The van der Waals surface area contributed by atoms with Gasteiger partial charge in [0.25, 0.3) is 0 Å². The molecule has 1 aliphatic heterocycles. The molecule has 5 rings (SSSR count). The number of benzene rings is 3. The van der Waals surface area contributed by atoms with Crippen molar-refractivity contribution in [2.24, 2.45) is 5.92 Å². The molecule has 156 valence electrons. The largest absolute Gasteiger partial charge is 0.497 e. The lowest BCUT2D eigenvalue weighted by Crippen LogP contribution is -2.35. The number of methoxy groups -OCH3 is 1. The molecule has 1 aliphatic carbocycles. The van der Waals surface area contributed by atoms with Crippen molar-refractivity contribution in [1.82, 2.24) is 4.90 Å². The van der Waals surface area contributed by atoms with E-state index in [2.05, 4.69) is 24.3 Å². The Kier molecular flexibility index (Phi) is 5.08. The number of nitrogens with zero attached hydrogens (tertiary/aromatic N) is 1. The average Bonchev–Trinajstić information content (AvgIpc) is 3.13. The van der Waals surface area contributed by atoms with Crippen molar-refractivity contribution in [1.29, 1.82) is 0 Å². The molecule has 1 amide bonds. The third-order valence-corrected chi connectivity index (χ3v) is 6.55. The topological polar surface area (TPSA) is 49.8 Å². The van der Waals surface area contributed by atoms with E-state index >= 15 is 0 Å². The highest BCUT2D eigenvalue weighted by atomic mass is 16.5. The number of hydrogen-bond donors (Lipinski definition) is 1. The Hall–Kier alpha value is -3.37. The summed E-state index contributed by atoms with van der Waals surface area (Å²) in [5.74, 6) is 0.576. The summed E-state index contributed by atoms with van der Waals surface area (Å²) in [5, 5.41) is 10.4. The Bertz CT molecular complexity index is 1110. The summed E-state index contributed by atoms with van der Waals surface area (Å²) < 4.78 is 5.34. The van der Waals surface area contributed by atoms with E-state index in [1.165, 1.54) is 0 Å². The van der Waals surface area contributed by atoms with Gasteiger partial charge in [0.15, 0.2) is 0 Å². The normalized spacial score (nSPS) is 22.7. The van der Waals surface area contributed by atoms with Crippen molar-refractivity contribution in [3.63, 3.8) is 0 Å². The smallest absolute Gasteiger partial charge is 0.231 e. The summed E-state index contributed by atoms with van der Waals surface area (Å²) in [6.45, 7) is -0.132. The molecule has 31 heavy (non-hydrogen) atoms. The number of carbonyl (C=O) groups excluding carboxylic acids is 1. The molecule has 0 radical (unpaired) electrons. The third kappa shape index (κ3) is 3.24. The van der Waals surface area contributed by atoms with E-state index in [0.29, 0.717) is 0 Å². The van der Waals surface area contributed by atoms with Gasteiger partial charge in [-0.2, -0.15) is 0 Å². The molecule has 0 spiro atoms. The molecular formula is C27H25NO3. The molecule has 3 aromatic carbocycles. The van der Waals surface area contributed by atoms with E-state index in [1.807, 2.05) is 71.6 Å². The van der Waals surface area contributed by atoms with Crippen molar-refractivity contribution in [3.05, 3.63) is 107 Å². The number of aliphatic hydroxyl groups is 1.